The summed E-state index contributed by atoms with van der Waals surface area (Å²) in [6, 6.07) is 5.20. The van der Waals surface area contributed by atoms with E-state index in [2.05, 4.69) is 0 Å². The molecule has 0 N–H and O–H groups in total. The quantitative estimate of drug-likeness (QED) is 0.317. The Morgan fingerprint density at radius 1 is 1.03 bits per heavy atom. The number of carbonyl (C=O) groups excluding carboxylic acids is 3. The zero-order valence-corrected chi connectivity index (χ0v) is 17.0. The predicted octanol–water partition coefficient (Wildman–Crippen LogP) is 2.61. The van der Waals surface area contributed by atoms with Crippen LogP contribution in [-0.4, -0.2) is 65.5 Å². The molecule has 0 saturated carbocycles. The number of hydrogen-bond acceptors (Lipinski definition) is 7. The summed E-state index contributed by atoms with van der Waals surface area (Å²) in [5.74, 6) is -0.703. The Morgan fingerprint density at radius 2 is 1.62 bits per heavy atom. The second-order valence-corrected chi connectivity index (χ2v) is 5.82. The molecule has 2 rings (SSSR count). The van der Waals surface area contributed by atoms with Gasteiger partial charge in [-0.15, -0.1) is 0 Å². The van der Waals surface area contributed by atoms with E-state index in [1.54, 1.807) is 6.92 Å². The first-order chi connectivity index (χ1) is 13.9. The van der Waals surface area contributed by atoms with E-state index in [0.29, 0.717) is 19.5 Å². The van der Waals surface area contributed by atoms with Crippen molar-refractivity contribution in [3.05, 3.63) is 34.4 Å². The molecule has 1 aromatic carbocycles. The molecule has 29 heavy (non-hydrogen) atoms. The molecule has 0 unspecified atom stereocenters. The summed E-state index contributed by atoms with van der Waals surface area (Å²) >= 11 is 0. The Balaban J connectivity index is 0.00000204. The maximum Gasteiger partial charge on any atom is 0.415 e. The van der Waals surface area contributed by atoms with Crippen molar-refractivity contribution < 1.29 is 28.8 Å². The van der Waals surface area contributed by atoms with Crippen LogP contribution in [0.5, 0.6) is 5.75 Å². The third-order valence-corrected chi connectivity index (χ3v) is 3.96. The van der Waals surface area contributed by atoms with E-state index in [9.17, 15) is 24.5 Å². The van der Waals surface area contributed by atoms with Crippen molar-refractivity contribution in [1.29, 1.82) is 0 Å². The highest BCUT2D eigenvalue weighted by Gasteiger charge is 2.24. The monoisotopic (exact) mass is 409 g/mol. The number of hydrogen-bond donors (Lipinski definition) is 0. The molecule has 0 aromatic heterocycles. The van der Waals surface area contributed by atoms with Crippen LogP contribution in [-0.2, 0) is 14.3 Å². The highest BCUT2D eigenvalue weighted by atomic mass is 16.6. The Labute approximate surface area is 169 Å². The van der Waals surface area contributed by atoms with E-state index in [1.807, 2.05) is 13.8 Å². The summed E-state index contributed by atoms with van der Waals surface area (Å²) < 4.78 is 9.99. The highest BCUT2D eigenvalue weighted by Crippen LogP contribution is 2.18. The van der Waals surface area contributed by atoms with Gasteiger partial charge in [0.05, 0.1) is 11.5 Å². The van der Waals surface area contributed by atoms with Gasteiger partial charge in [-0.3, -0.25) is 19.7 Å². The van der Waals surface area contributed by atoms with Gasteiger partial charge in [0, 0.05) is 38.3 Å². The number of nitro benzene ring substituents is 1. The smallest absolute Gasteiger partial charge is 0.415 e. The zero-order valence-electron chi connectivity index (χ0n) is 17.0. The fourth-order valence-electron chi connectivity index (χ4n) is 2.60. The lowest BCUT2D eigenvalue weighted by Crippen LogP contribution is -2.39. The van der Waals surface area contributed by atoms with Gasteiger partial charge in [0.2, 0.25) is 5.91 Å². The van der Waals surface area contributed by atoms with Crippen molar-refractivity contribution in [3.8, 4) is 5.75 Å². The number of non-ortho nitro benzene ring substituents is 1. The summed E-state index contributed by atoms with van der Waals surface area (Å²) in [7, 11) is 0. The lowest BCUT2D eigenvalue weighted by Gasteiger charge is -2.21. The summed E-state index contributed by atoms with van der Waals surface area (Å²) in [4.78, 5) is 48.9. The first kappa shape index (κ1) is 23.9. The number of nitrogens with zero attached hydrogens (tertiary/aromatic N) is 3. The van der Waals surface area contributed by atoms with Crippen LogP contribution < -0.4 is 4.74 Å². The minimum atomic E-state index is -0.594. The number of benzene rings is 1. The number of nitro groups is 1. The number of ether oxygens (including phenoxy) is 2. The normalized spacial score (nSPS) is 13.5. The van der Waals surface area contributed by atoms with Crippen LogP contribution in [0.3, 0.4) is 0 Å². The molecule has 1 aliphatic rings. The number of carbonyl (C=O) groups is 3. The maximum absolute atomic E-state index is 12.3. The molecule has 1 fully saturated rings. The summed E-state index contributed by atoms with van der Waals surface area (Å²) in [5.41, 5.74) is -0.0969. The molecule has 0 radical (unpaired) electrons. The lowest BCUT2D eigenvalue weighted by atomic mass is 10.3. The van der Waals surface area contributed by atoms with Crippen molar-refractivity contribution in [2.75, 3.05) is 32.8 Å². The Hall–Kier alpha value is -3.17. The van der Waals surface area contributed by atoms with Crippen LogP contribution in [0.4, 0.5) is 10.5 Å². The summed E-state index contributed by atoms with van der Waals surface area (Å²) in [6.45, 7) is 7.26. The van der Waals surface area contributed by atoms with Crippen molar-refractivity contribution in [2.45, 2.75) is 33.6 Å². The fourth-order valence-corrected chi connectivity index (χ4v) is 2.60. The van der Waals surface area contributed by atoms with Crippen LogP contribution in [0.25, 0.3) is 0 Å². The van der Waals surface area contributed by atoms with Crippen molar-refractivity contribution in [3.63, 3.8) is 0 Å². The van der Waals surface area contributed by atoms with E-state index in [-0.39, 0.29) is 43.5 Å². The molecule has 0 spiro atoms. The molecular weight excluding hydrogens is 382 g/mol. The van der Waals surface area contributed by atoms with Gasteiger partial charge < -0.3 is 19.3 Å². The molecule has 1 heterocycles. The van der Waals surface area contributed by atoms with Gasteiger partial charge in [-0.2, -0.15) is 0 Å². The topological polar surface area (TPSA) is 119 Å². The largest absolute Gasteiger partial charge is 0.466 e. The van der Waals surface area contributed by atoms with Gasteiger partial charge in [0.15, 0.2) is 0 Å². The van der Waals surface area contributed by atoms with Gasteiger partial charge in [0.25, 0.3) is 5.69 Å². The van der Waals surface area contributed by atoms with E-state index in [0.717, 1.165) is 0 Å². The first-order valence-electron chi connectivity index (χ1n) is 9.55. The average Bonchev–Trinajstić information content (AvgIpc) is 2.96. The van der Waals surface area contributed by atoms with E-state index in [4.69, 9.17) is 9.47 Å². The highest BCUT2D eigenvalue weighted by molar-refractivity contribution is 5.94. The van der Waals surface area contributed by atoms with Crippen LogP contribution in [0, 0.1) is 10.1 Å². The van der Waals surface area contributed by atoms with Crippen molar-refractivity contribution in [1.82, 2.24) is 9.80 Å². The standard InChI is InChI=1S/C17H21N3O7.C2H6/c1-2-26-16(22)12-15(21)18-8-3-9-19(11-10-18)17(23)27-14-6-4-13(5-7-14)20(24)25;1-2/h4-7H,2-3,8-12H2,1H3;1-2H3. The van der Waals surface area contributed by atoms with Crippen LogP contribution in [0.2, 0.25) is 0 Å². The molecule has 1 aliphatic heterocycles. The van der Waals surface area contributed by atoms with Gasteiger partial charge in [-0.25, -0.2) is 4.79 Å². The fraction of sp³-hybridized carbons (Fsp3) is 0.526. The zero-order chi connectivity index (χ0) is 21.8. The Kier molecular flexibility index (Phi) is 10.1. The minimum Gasteiger partial charge on any atom is -0.466 e. The molecular formula is C19H27N3O7. The molecule has 1 saturated heterocycles. The molecule has 0 atom stereocenters. The third-order valence-electron chi connectivity index (χ3n) is 3.96. The molecule has 160 valence electrons. The molecule has 0 bridgehead atoms. The van der Waals surface area contributed by atoms with Gasteiger partial charge in [-0.05, 0) is 25.5 Å². The third kappa shape index (κ3) is 7.76. The van der Waals surface area contributed by atoms with Crippen LogP contribution >= 0.6 is 0 Å². The SMILES string of the molecule is CC.CCOC(=O)CC(=O)N1CCCN(C(=O)Oc2ccc([N+](=O)[O-])cc2)CC1. The number of esters is 1. The van der Waals surface area contributed by atoms with Gasteiger partial charge in [-0.1, -0.05) is 13.8 Å². The van der Waals surface area contributed by atoms with Crippen LogP contribution in [0.1, 0.15) is 33.6 Å². The Morgan fingerprint density at radius 3 is 2.21 bits per heavy atom. The maximum atomic E-state index is 12.3. The number of rotatable bonds is 5. The first-order valence-corrected chi connectivity index (χ1v) is 9.55. The van der Waals surface area contributed by atoms with Crippen molar-refractivity contribution >= 4 is 23.7 Å². The lowest BCUT2D eigenvalue weighted by molar-refractivity contribution is -0.384. The second-order valence-electron chi connectivity index (χ2n) is 5.82. The second kappa shape index (κ2) is 12.3. The van der Waals surface area contributed by atoms with Gasteiger partial charge in [0.1, 0.15) is 12.2 Å². The number of amides is 2. The van der Waals surface area contributed by atoms with E-state index in [1.165, 1.54) is 34.1 Å². The van der Waals surface area contributed by atoms with Crippen LogP contribution in [0.15, 0.2) is 24.3 Å². The summed E-state index contributed by atoms with van der Waals surface area (Å²) in [5, 5.41) is 10.6. The minimum absolute atomic E-state index is 0.0969. The Bertz CT molecular complexity index is 706. The average molecular weight is 409 g/mol. The van der Waals surface area contributed by atoms with E-state index >= 15 is 0 Å². The molecule has 2 amide bonds. The summed E-state index contributed by atoms with van der Waals surface area (Å²) in [6.07, 6.45) is -0.367. The van der Waals surface area contributed by atoms with Gasteiger partial charge >= 0.3 is 12.1 Å². The van der Waals surface area contributed by atoms with Crippen molar-refractivity contribution in [2.24, 2.45) is 0 Å². The van der Waals surface area contributed by atoms with E-state index < -0.39 is 17.0 Å². The molecule has 1 aromatic rings. The molecule has 10 heteroatoms. The molecule has 0 aliphatic carbocycles. The predicted molar refractivity (Wildman–Crippen MR) is 104 cm³/mol. The molecule has 10 nitrogen and oxygen atoms in total.